The highest BCUT2D eigenvalue weighted by Gasteiger charge is 2.14. The Morgan fingerprint density at radius 1 is 1.00 bits per heavy atom. The zero-order chi connectivity index (χ0) is 21.8. The Morgan fingerprint density at radius 2 is 1.71 bits per heavy atom. The minimum atomic E-state index is -0.171. The molecule has 1 N–H and O–H groups in total. The van der Waals surface area contributed by atoms with E-state index in [4.69, 9.17) is 9.72 Å². The van der Waals surface area contributed by atoms with E-state index in [-0.39, 0.29) is 12.5 Å². The average molecular weight is 418 g/mol. The third-order valence-electron chi connectivity index (χ3n) is 5.90. The minimum Gasteiger partial charge on any atom is -0.481 e. The number of carbonyl (C=O) groups is 1. The molecular weight excluding hydrogens is 386 g/mol. The molecule has 5 nitrogen and oxygen atoms in total. The third kappa shape index (κ3) is 4.98. The van der Waals surface area contributed by atoms with Gasteiger partial charge in [0.15, 0.2) is 6.61 Å². The van der Waals surface area contributed by atoms with Gasteiger partial charge < -0.3 is 15.0 Å². The van der Waals surface area contributed by atoms with Crippen molar-refractivity contribution in [3.05, 3.63) is 59.2 Å². The van der Waals surface area contributed by atoms with Crippen LogP contribution in [-0.4, -0.2) is 30.6 Å². The number of hydrogen-bond acceptors (Lipinski definition) is 4. The molecule has 4 rings (SSSR count). The van der Waals surface area contributed by atoms with E-state index in [0.717, 1.165) is 46.6 Å². The molecule has 0 saturated carbocycles. The van der Waals surface area contributed by atoms with E-state index in [2.05, 4.69) is 41.4 Å². The number of fused-ring (bicyclic) bond motifs is 1. The summed E-state index contributed by atoms with van der Waals surface area (Å²) in [7, 11) is 0. The van der Waals surface area contributed by atoms with Gasteiger partial charge in [0.25, 0.3) is 5.91 Å². The van der Waals surface area contributed by atoms with Gasteiger partial charge in [-0.3, -0.25) is 4.79 Å². The van der Waals surface area contributed by atoms with Gasteiger partial charge in [-0.2, -0.15) is 0 Å². The third-order valence-corrected chi connectivity index (χ3v) is 5.90. The Balaban J connectivity index is 1.50. The first-order valence-corrected chi connectivity index (χ1v) is 11.2. The van der Waals surface area contributed by atoms with Crippen molar-refractivity contribution in [2.45, 2.75) is 46.5 Å². The van der Waals surface area contributed by atoms with Crippen LogP contribution in [0.15, 0.2) is 42.5 Å². The number of carbonyl (C=O) groups excluding carboxylic acids is 1. The predicted octanol–water partition coefficient (Wildman–Crippen LogP) is 5.56. The molecular formula is C26H31N3O2. The maximum Gasteiger partial charge on any atom is 0.262 e. The van der Waals surface area contributed by atoms with Crippen LogP contribution in [0.1, 0.15) is 42.4 Å². The zero-order valence-corrected chi connectivity index (χ0v) is 18.7. The van der Waals surface area contributed by atoms with Crippen molar-refractivity contribution in [1.29, 1.82) is 0 Å². The number of benzene rings is 2. The molecule has 0 atom stereocenters. The maximum absolute atomic E-state index is 12.6. The monoisotopic (exact) mass is 417 g/mol. The van der Waals surface area contributed by atoms with Gasteiger partial charge in [0, 0.05) is 24.2 Å². The van der Waals surface area contributed by atoms with E-state index in [1.165, 1.54) is 31.2 Å². The van der Waals surface area contributed by atoms with E-state index in [9.17, 15) is 4.79 Å². The van der Waals surface area contributed by atoms with Crippen molar-refractivity contribution in [3.63, 3.8) is 0 Å². The summed E-state index contributed by atoms with van der Waals surface area (Å²) in [5.41, 5.74) is 4.96. The number of nitrogens with zero attached hydrogens (tertiary/aromatic N) is 2. The first kappa shape index (κ1) is 21.2. The summed E-state index contributed by atoms with van der Waals surface area (Å²) in [6, 6.07) is 14.2. The summed E-state index contributed by atoms with van der Waals surface area (Å²) in [4.78, 5) is 19.9. The second-order valence-corrected chi connectivity index (χ2v) is 8.51. The SMILES string of the molecule is Cc1cc(C)c(NC(=O)COc2cccc3ccc(N4CCCCCC4)nc23)c(C)c1. The van der Waals surface area contributed by atoms with Crippen molar-refractivity contribution in [2.75, 3.05) is 29.9 Å². The number of rotatable bonds is 5. The Labute approximate surface area is 184 Å². The Hall–Kier alpha value is -3.08. The van der Waals surface area contributed by atoms with Gasteiger partial charge in [0.2, 0.25) is 0 Å². The quantitative estimate of drug-likeness (QED) is 0.591. The largest absolute Gasteiger partial charge is 0.481 e. The van der Waals surface area contributed by atoms with Gasteiger partial charge >= 0.3 is 0 Å². The van der Waals surface area contributed by atoms with Crippen molar-refractivity contribution < 1.29 is 9.53 Å². The number of ether oxygens (including phenoxy) is 1. The Morgan fingerprint density at radius 3 is 2.42 bits per heavy atom. The van der Waals surface area contributed by atoms with Gasteiger partial charge in [-0.15, -0.1) is 0 Å². The Bertz CT molecular complexity index is 1060. The molecule has 3 aromatic rings. The summed E-state index contributed by atoms with van der Waals surface area (Å²) in [6.45, 7) is 8.10. The molecule has 1 amide bonds. The first-order chi connectivity index (χ1) is 15.0. The van der Waals surface area contributed by atoms with E-state index in [0.29, 0.717) is 5.75 Å². The summed E-state index contributed by atoms with van der Waals surface area (Å²) >= 11 is 0. The molecule has 0 bridgehead atoms. The Kier molecular flexibility index (Phi) is 6.40. The molecule has 0 radical (unpaired) electrons. The fourth-order valence-corrected chi connectivity index (χ4v) is 4.40. The highest BCUT2D eigenvalue weighted by atomic mass is 16.5. The van der Waals surface area contributed by atoms with Crippen LogP contribution in [-0.2, 0) is 4.79 Å². The molecule has 1 aliphatic heterocycles. The molecule has 5 heteroatoms. The molecule has 2 heterocycles. The highest BCUT2D eigenvalue weighted by Crippen LogP contribution is 2.28. The highest BCUT2D eigenvalue weighted by molar-refractivity contribution is 5.94. The van der Waals surface area contributed by atoms with Crippen LogP contribution < -0.4 is 15.0 Å². The van der Waals surface area contributed by atoms with Crippen LogP contribution >= 0.6 is 0 Å². The number of anilines is 2. The van der Waals surface area contributed by atoms with Gasteiger partial charge in [0.1, 0.15) is 17.1 Å². The lowest BCUT2D eigenvalue weighted by atomic mass is 10.1. The maximum atomic E-state index is 12.6. The van der Waals surface area contributed by atoms with Crippen LogP contribution in [0.5, 0.6) is 5.75 Å². The van der Waals surface area contributed by atoms with Crippen molar-refractivity contribution in [3.8, 4) is 5.75 Å². The summed E-state index contributed by atoms with van der Waals surface area (Å²) < 4.78 is 5.93. The van der Waals surface area contributed by atoms with Crippen LogP contribution in [0.2, 0.25) is 0 Å². The molecule has 162 valence electrons. The number of amides is 1. The molecule has 2 aromatic carbocycles. The van der Waals surface area contributed by atoms with E-state index < -0.39 is 0 Å². The smallest absolute Gasteiger partial charge is 0.262 e. The lowest BCUT2D eigenvalue weighted by Gasteiger charge is -2.22. The number of hydrogen-bond donors (Lipinski definition) is 1. The summed E-state index contributed by atoms with van der Waals surface area (Å²) in [6.07, 6.45) is 4.98. The minimum absolute atomic E-state index is 0.0541. The van der Waals surface area contributed by atoms with Gasteiger partial charge in [-0.05, 0) is 62.9 Å². The standard InChI is InChI=1S/C26H31N3O2/c1-18-15-19(2)25(20(3)16-18)28-24(30)17-31-22-10-8-9-21-11-12-23(27-26(21)22)29-13-6-4-5-7-14-29/h8-12,15-16H,4-7,13-14,17H2,1-3H3,(H,28,30). The number of nitrogens with one attached hydrogen (secondary N) is 1. The van der Waals surface area contributed by atoms with Crippen molar-refractivity contribution in [1.82, 2.24) is 4.98 Å². The second kappa shape index (κ2) is 9.38. The summed E-state index contributed by atoms with van der Waals surface area (Å²) in [5, 5.41) is 4.02. The van der Waals surface area contributed by atoms with Crippen LogP contribution in [0.25, 0.3) is 10.9 Å². The van der Waals surface area contributed by atoms with E-state index in [1.807, 2.05) is 32.0 Å². The average Bonchev–Trinajstić information content (AvgIpc) is 3.04. The number of aryl methyl sites for hydroxylation is 3. The molecule has 31 heavy (non-hydrogen) atoms. The van der Waals surface area contributed by atoms with Gasteiger partial charge in [0.05, 0.1) is 0 Å². The predicted molar refractivity (Wildman–Crippen MR) is 127 cm³/mol. The van der Waals surface area contributed by atoms with Crippen molar-refractivity contribution in [2.24, 2.45) is 0 Å². The topological polar surface area (TPSA) is 54.5 Å². The van der Waals surface area contributed by atoms with Gasteiger partial charge in [-0.25, -0.2) is 4.98 Å². The van der Waals surface area contributed by atoms with Crippen LogP contribution in [0.3, 0.4) is 0 Å². The molecule has 1 aromatic heterocycles. The fraction of sp³-hybridized carbons (Fsp3) is 0.385. The van der Waals surface area contributed by atoms with Crippen molar-refractivity contribution >= 4 is 28.3 Å². The lowest BCUT2D eigenvalue weighted by Crippen LogP contribution is -2.24. The van der Waals surface area contributed by atoms with Crippen LogP contribution in [0, 0.1) is 20.8 Å². The normalized spacial score (nSPS) is 14.4. The molecule has 1 aliphatic rings. The van der Waals surface area contributed by atoms with Crippen LogP contribution in [0.4, 0.5) is 11.5 Å². The number of aromatic nitrogens is 1. The molecule has 0 spiro atoms. The molecule has 1 saturated heterocycles. The first-order valence-electron chi connectivity index (χ1n) is 11.2. The lowest BCUT2D eigenvalue weighted by molar-refractivity contribution is -0.118. The number of para-hydroxylation sites is 1. The zero-order valence-electron chi connectivity index (χ0n) is 18.7. The second-order valence-electron chi connectivity index (χ2n) is 8.51. The van der Waals surface area contributed by atoms with Gasteiger partial charge in [-0.1, -0.05) is 42.7 Å². The summed E-state index contributed by atoms with van der Waals surface area (Å²) in [5.74, 6) is 1.46. The molecule has 0 aliphatic carbocycles. The van der Waals surface area contributed by atoms with E-state index in [1.54, 1.807) is 0 Å². The molecule has 0 unspecified atom stereocenters. The number of pyridine rings is 1. The molecule has 1 fully saturated rings. The fourth-order valence-electron chi connectivity index (χ4n) is 4.40. The van der Waals surface area contributed by atoms with E-state index >= 15 is 0 Å².